The zero-order chi connectivity index (χ0) is 13.8. The van der Waals surface area contributed by atoms with Gasteiger partial charge in [-0.3, -0.25) is 0 Å². The minimum absolute atomic E-state index is 0.231. The maximum atomic E-state index is 13.5. The normalized spacial score (nSPS) is 22.5. The minimum Gasteiger partial charge on any atom is -0.494 e. The lowest BCUT2D eigenvalue weighted by Crippen LogP contribution is -2.17. The van der Waals surface area contributed by atoms with Crippen molar-refractivity contribution in [1.82, 2.24) is 0 Å². The molecule has 19 heavy (non-hydrogen) atoms. The molecule has 0 saturated heterocycles. The molecule has 2 rings (SSSR count). The fourth-order valence-corrected chi connectivity index (χ4v) is 3.67. The molecule has 1 aliphatic rings. The van der Waals surface area contributed by atoms with Gasteiger partial charge in [-0.25, -0.2) is 4.39 Å². The van der Waals surface area contributed by atoms with Gasteiger partial charge in [0.05, 0.1) is 18.5 Å². The zero-order valence-electron chi connectivity index (χ0n) is 11.4. The maximum Gasteiger partial charge on any atom is 0.167 e. The van der Waals surface area contributed by atoms with Crippen molar-refractivity contribution in [2.75, 3.05) is 23.9 Å². The molecule has 0 heterocycles. The second-order valence-corrected chi connectivity index (χ2v) is 6.38. The number of anilines is 2. The molecule has 5 heteroatoms. The van der Waals surface area contributed by atoms with Crippen LogP contribution in [0.2, 0.25) is 0 Å². The number of benzene rings is 1. The molecule has 0 amide bonds. The Kier molecular flexibility index (Phi) is 4.80. The molecule has 3 N–H and O–H groups in total. The van der Waals surface area contributed by atoms with Crippen molar-refractivity contribution in [3.05, 3.63) is 17.9 Å². The van der Waals surface area contributed by atoms with E-state index in [9.17, 15) is 4.39 Å². The van der Waals surface area contributed by atoms with E-state index in [2.05, 4.69) is 12.2 Å². The predicted molar refractivity (Wildman–Crippen MR) is 80.5 cm³/mol. The highest BCUT2D eigenvalue weighted by atomic mass is 32.2. The average Bonchev–Trinajstić information content (AvgIpc) is 2.81. The van der Waals surface area contributed by atoms with Gasteiger partial charge in [0.1, 0.15) is 0 Å². The lowest BCUT2D eigenvalue weighted by atomic mass is 10.2. The Morgan fingerprint density at radius 3 is 2.95 bits per heavy atom. The lowest BCUT2D eigenvalue weighted by Gasteiger charge is -2.17. The van der Waals surface area contributed by atoms with Crippen LogP contribution in [-0.4, -0.2) is 24.2 Å². The number of thioether (sulfide) groups is 1. The number of methoxy groups -OCH3 is 1. The molecule has 0 spiro atoms. The Morgan fingerprint density at radius 2 is 2.26 bits per heavy atom. The molecule has 0 radical (unpaired) electrons. The van der Waals surface area contributed by atoms with Gasteiger partial charge in [0.15, 0.2) is 11.6 Å². The van der Waals surface area contributed by atoms with Gasteiger partial charge in [0.2, 0.25) is 0 Å². The van der Waals surface area contributed by atoms with Gasteiger partial charge in [-0.1, -0.05) is 6.92 Å². The summed E-state index contributed by atoms with van der Waals surface area (Å²) in [6.07, 6.45) is 3.50. The van der Waals surface area contributed by atoms with E-state index in [4.69, 9.17) is 10.5 Å². The largest absolute Gasteiger partial charge is 0.494 e. The third kappa shape index (κ3) is 3.47. The Balaban J connectivity index is 2.03. The number of hydrogen-bond donors (Lipinski definition) is 2. The van der Waals surface area contributed by atoms with Crippen LogP contribution in [0.25, 0.3) is 0 Å². The van der Waals surface area contributed by atoms with E-state index in [1.165, 1.54) is 19.6 Å². The number of halogens is 1. The van der Waals surface area contributed by atoms with Gasteiger partial charge in [0, 0.05) is 23.4 Å². The highest BCUT2D eigenvalue weighted by Crippen LogP contribution is 2.34. The highest BCUT2D eigenvalue weighted by Gasteiger charge is 2.25. The number of hydrogen-bond acceptors (Lipinski definition) is 4. The van der Waals surface area contributed by atoms with E-state index < -0.39 is 5.82 Å². The molecular weight excluding hydrogens is 263 g/mol. The van der Waals surface area contributed by atoms with E-state index in [0.29, 0.717) is 11.7 Å². The maximum absolute atomic E-state index is 13.5. The van der Waals surface area contributed by atoms with Crippen molar-refractivity contribution in [1.29, 1.82) is 0 Å². The molecule has 106 valence electrons. The molecule has 0 bridgehead atoms. The smallest absolute Gasteiger partial charge is 0.167 e. The van der Waals surface area contributed by atoms with Crippen LogP contribution >= 0.6 is 11.8 Å². The van der Waals surface area contributed by atoms with Crippen LogP contribution in [0.5, 0.6) is 5.75 Å². The van der Waals surface area contributed by atoms with Crippen LogP contribution < -0.4 is 15.8 Å². The lowest BCUT2D eigenvalue weighted by molar-refractivity contribution is 0.387. The summed E-state index contributed by atoms with van der Waals surface area (Å²) in [4.78, 5) is 0. The summed E-state index contributed by atoms with van der Waals surface area (Å²) in [6, 6.07) is 3.38. The first-order valence-electron chi connectivity index (χ1n) is 6.65. The fraction of sp³-hybridized carbons (Fsp3) is 0.571. The van der Waals surface area contributed by atoms with Crippen molar-refractivity contribution >= 4 is 23.1 Å². The number of nitrogen functional groups attached to an aromatic ring is 1. The Labute approximate surface area is 118 Å². The molecule has 0 aromatic heterocycles. The Bertz CT molecular complexity index is 442. The fourth-order valence-electron chi connectivity index (χ4n) is 2.53. The Morgan fingerprint density at radius 1 is 1.47 bits per heavy atom. The number of ether oxygens (including phenoxy) is 1. The first kappa shape index (κ1) is 14.3. The van der Waals surface area contributed by atoms with E-state index in [-0.39, 0.29) is 5.75 Å². The zero-order valence-corrected chi connectivity index (χ0v) is 12.2. The summed E-state index contributed by atoms with van der Waals surface area (Å²) in [6.45, 7) is 2.19. The summed E-state index contributed by atoms with van der Waals surface area (Å²) in [7, 11) is 1.46. The summed E-state index contributed by atoms with van der Waals surface area (Å²) >= 11 is 2.01. The summed E-state index contributed by atoms with van der Waals surface area (Å²) in [5, 5.41) is 4.14. The van der Waals surface area contributed by atoms with Crippen LogP contribution in [-0.2, 0) is 0 Å². The molecule has 1 aliphatic carbocycles. The number of nitrogens with one attached hydrogen (secondary N) is 1. The van der Waals surface area contributed by atoms with Crippen LogP contribution in [0.3, 0.4) is 0 Å². The van der Waals surface area contributed by atoms with E-state index >= 15 is 0 Å². The Hall–Kier alpha value is -1.10. The van der Waals surface area contributed by atoms with Gasteiger partial charge < -0.3 is 15.8 Å². The third-order valence-electron chi connectivity index (χ3n) is 3.47. The molecule has 1 saturated carbocycles. The molecule has 1 aromatic rings. The van der Waals surface area contributed by atoms with Crippen LogP contribution in [0.4, 0.5) is 15.8 Å². The first-order chi connectivity index (χ1) is 9.13. The van der Waals surface area contributed by atoms with Crippen molar-refractivity contribution in [2.45, 2.75) is 37.5 Å². The van der Waals surface area contributed by atoms with Gasteiger partial charge in [-0.05, 0) is 25.0 Å². The molecular formula is C14H21FN2OS. The van der Waals surface area contributed by atoms with Crippen LogP contribution in [0, 0.1) is 5.82 Å². The van der Waals surface area contributed by atoms with Gasteiger partial charge >= 0.3 is 0 Å². The quantitative estimate of drug-likeness (QED) is 0.812. The van der Waals surface area contributed by atoms with Gasteiger partial charge in [0.25, 0.3) is 0 Å². The number of nitrogens with two attached hydrogens (primary N) is 1. The van der Waals surface area contributed by atoms with Crippen LogP contribution in [0.15, 0.2) is 12.1 Å². The molecule has 2 atom stereocenters. The van der Waals surface area contributed by atoms with Gasteiger partial charge in [-0.2, -0.15) is 11.8 Å². The topological polar surface area (TPSA) is 47.3 Å². The third-order valence-corrected chi connectivity index (χ3v) is 4.70. The van der Waals surface area contributed by atoms with Crippen molar-refractivity contribution in [3.8, 4) is 5.75 Å². The van der Waals surface area contributed by atoms with E-state index in [1.54, 1.807) is 6.07 Å². The molecule has 2 unspecified atom stereocenters. The standard InChI is InChI=1S/C14H21FN2OS/c1-3-19-10-5-4-9(6-10)17-13-8-14(18-2)11(15)7-12(13)16/h7-10,17H,3-6,16H2,1-2H3. The highest BCUT2D eigenvalue weighted by molar-refractivity contribution is 7.99. The molecule has 3 nitrogen and oxygen atoms in total. The van der Waals surface area contributed by atoms with Crippen molar-refractivity contribution in [3.63, 3.8) is 0 Å². The molecule has 0 aliphatic heterocycles. The van der Waals surface area contributed by atoms with Crippen molar-refractivity contribution in [2.24, 2.45) is 0 Å². The second-order valence-electron chi connectivity index (χ2n) is 4.81. The van der Waals surface area contributed by atoms with Crippen molar-refractivity contribution < 1.29 is 9.13 Å². The van der Waals surface area contributed by atoms with E-state index in [0.717, 1.165) is 29.5 Å². The number of rotatable bonds is 5. The first-order valence-corrected chi connectivity index (χ1v) is 7.70. The summed E-state index contributed by atoms with van der Waals surface area (Å²) < 4.78 is 18.5. The monoisotopic (exact) mass is 284 g/mol. The molecule has 1 fully saturated rings. The molecule has 1 aromatic carbocycles. The summed E-state index contributed by atoms with van der Waals surface area (Å²) in [5.41, 5.74) is 7.06. The predicted octanol–water partition coefficient (Wildman–Crippen LogP) is 3.50. The van der Waals surface area contributed by atoms with Gasteiger partial charge in [-0.15, -0.1) is 0 Å². The van der Waals surface area contributed by atoms with E-state index in [1.807, 2.05) is 11.8 Å². The minimum atomic E-state index is -0.420. The van der Waals surface area contributed by atoms with Crippen LogP contribution in [0.1, 0.15) is 26.2 Å². The summed E-state index contributed by atoms with van der Waals surface area (Å²) in [5.74, 6) is 0.967. The SMILES string of the molecule is CCSC1CCC(Nc2cc(OC)c(F)cc2N)C1. The second kappa shape index (κ2) is 6.37. The average molecular weight is 284 g/mol.